The van der Waals surface area contributed by atoms with E-state index in [9.17, 15) is 4.79 Å². The van der Waals surface area contributed by atoms with Gasteiger partial charge in [-0.05, 0) is 54.1 Å². The second-order valence-electron chi connectivity index (χ2n) is 10.9. The van der Waals surface area contributed by atoms with Gasteiger partial charge in [0.15, 0.2) is 5.78 Å². The molecule has 0 N–H and O–H groups in total. The molecule has 0 saturated carbocycles. The number of carbonyl (C=O) groups is 1. The summed E-state index contributed by atoms with van der Waals surface area (Å²) in [5, 5.41) is 2.14. The fourth-order valence-electron chi connectivity index (χ4n) is 6.13. The first-order valence-corrected chi connectivity index (χ1v) is 13.2. The van der Waals surface area contributed by atoms with Crippen LogP contribution >= 0.6 is 0 Å². The van der Waals surface area contributed by atoms with Crippen LogP contribution in [0.25, 0.3) is 21.9 Å². The quantitative estimate of drug-likeness (QED) is 0.232. The first kappa shape index (κ1) is 23.4. The third kappa shape index (κ3) is 3.38. The van der Waals surface area contributed by atoms with Crippen molar-refractivity contribution in [3.8, 4) is 16.9 Å². The molecule has 1 spiro atoms. The Morgan fingerprint density at radius 3 is 2.23 bits per heavy atom. The first-order valence-electron chi connectivity index (χ1n) is 13.2. The van der Waals surface area contributed by atoms with Gasteiger partial charge in [0.25, 0.3) is 0 Å². The number of para-hydroxylation sites is 1. The average Bonchev–Trinajstić information content (AvgIpc) is 3.14. The fourth-order valence-corrected chi connectivity index (χ4v) is 6.13. The number of benzene rings is 5. The summed E-state index contributed by atoms with van der Waals surface area (Å²) in [7, 11) is 2.08. The molecule has 2 heterocycles. The summed E-state index contributed by atoms with van der Waals surface area (Å²) in [6.45, 7) is 4.44. The molecule has 2 aliphatic heterocycles. The minimum atomic E-state index is -0.698. The smallest absolute Gasteiger partial charge is 0.228 e. The van der Waals surface area contributed by atoms with E-state index < -0.39 is 5.72 Å². The van der Waals surface area contributed by atoms with Crippen molar-refractivity contribution >= 4 is 34.1 Å². The highest BCUT2D eigenvalue weighted by Crippen LogP contribution is 2.54. The van der Waals surface area contributed by atoms with Crippen LogP contribution in [-0.4, -0.2) is 24.8 Å². The monoisotopic (exact) mass is 508 g/mol. The van der Waals surface area contributed by atoms with Crippen molar-refractivity contribution in [1.82, 2.24) is 0 Å². The third-order valence-electron chi connectivity index (χ3n) is 8.44. The van der Waals surface area contributed by atoms with Gasteiger partial charge >= 0.3 is 0 Å². The van der Waals surface area contributed by atoms with E-state index >= 15 is 0 Å². The van der Waals surface area contributed by atoms with Crippen molar-refractivity contribution in [3.63, 3.8) is 0 Å². The number of likely N-dealkylation sites (N-methyl/N-ethyl adjacent to an activating group) is 1. The number of fused-ring (bicyclic) bond motifs is 4. The standard InChI is InChI=1S/C35H28N2O2/c1-34(2)29-11-7-8-12-30(29)37(3)35(34)22-36-32-28-19-17-26(21-27(28)18-20-31(32)39-35)23-13-15-25(16-14-23)33(38)24-9-5-4-6-10-24/h4-22H,1-3H3. The molecule has 1 atom stereocenters. The van der Waals surface area contributed by atoms with Crippen molar-refractivity contribution in [2.75, 3.05) is 11.9 Å². The highest BCUT2D eigenvalue weighted by atomic mass is 16.5. The molecule has 7 rings (SSSR count). The van der Waals surface area contributed by atoms with Crippen LogP contribution in [0.5, 0.6) is 5.75 Å². The zero-order valence-electron chi connectivity index (χ0n) is 22.2. The SMILES string of the molecule is CN1c2ccccc2C(C)(C)C12C=Nc1c(ccc3cc(-c4ccc(C(=O)c5ccccc5)cc4)ccc13)O2. The molecule has 0 aromatic heterocycles. The molecule has 5 aromatic rings. The topological polar surface area (TPSA) is 41.9 Å². The summed E-state index contributed by atoms with van der Waals surface area (Å²) in [5.74, 6) is 0.816. The largest absolute Gasteiger partial charge is 0.459 e. The van der Waals surface area contributed by atoms with E-state index in [4.69, 9.17) is 9.73 Å². The lowest BCUT2D eigenvalue weighted by molar-refractivity contribution is 0.0826. The molecule has 1 unspecified atom stereocenters. The van der Waals surface area contributed by atoms with Gasteiger partial charge in [0, 0.05) is 29.2 Å². The van der Waals surface area contributed by atoms with Crippen molar-refractivity contribution in [2.24, 2.45) is 4.99 Å². The van der Waals surface area contributed by atoms with Crippen LogP contribution < -0.4 is 9.64 Å². The maximum Gasteiger partial charge on any atom is 0.228 e. The van der Waals surface area contributed by atoms with Crippen LogP contribution in [0.2, 0.25) is 0 Å². The summed E-state index contributed by atoms with van der Waals surface area (Å²) in [5.41, 5.74) is 5.82. The van der Waals surface area contributed by atoms with Gasteiger partial charge < -0.3 is 9.64 Å². The van der Waals surface area contributed by atoms with Gasteiger partial charge in [-0.2, -0.15) is 0 Å². The molecule has 0 saturated heterocycles. The molecule has 39 heavy (non-hydrogen) atoms. The molecule has 0 fully saturated rings. The van der Waals surface area contributed by atoms with Crippen LogP contribution in [-0.2, 0) is 5.41 Å². The van der Waals surface area contributed by atoms with E-state index in [1.807, 2.05) is 66.9 Å². The second-order valence-corrected chi connectivity index (χ2v) is 10.9. The van der Waals surface area contributed by atoms with E-state index in [2.05, 4.69) is 74.3 Å². The highest BCUT2D eigenvalue weighted by Gasteiger charge is 2.58. The molecule has 0 amide bonds. The van der Waals surface area contributed by atoms with Gasteiger partial charge in [-0.1, -0.05) is 91.0 Å². The predicted molar refractivity (Wildman–Crippen MR) is 159 cm³/mol. The van der Waals surface area contributed by atoms with Crippen molar-refractivity contribution in [1.29, 1.82) is 0 Å². The maximum atomic E-state index is 12.8. The predicted octanol–water partition coefficient (Wildman–Crippen LogP) is 7.96. The van der Waals surface area contributed by atoms with Gasteiger partial charge in [0.05, 0.1) is 11.6 Å². The van der Waals surface area contributed by atoms with E-state index in [1.54, 1.807) is 0 Å². The summed E-state index contributed by atoms with van der Waals surface area (Å²) in [6.07, 6.45) is 1.98. The molecule has 4 nitrogen and oxygen atoms in total. The first-order chi connectivity index (χ1) is 18.9. The second kappa shape index (κ2) is 8.40. The number of hydrogen-bond acceptors (Lipinski definition) is 4. The Bertz CT molecular complexity index is 1790. The number of rotatable bonds is 3. The van der Waals surface area contributed by atoms with Crippen molar-refractivity contribution in [3.05, 3.63) is 126 Å². The average molecular weight is 509 g/mol. The van der Waals surface area contributed by atoms with Crippen LogP contribution in [0, 0.1) is 0 Å². The Kier molecular flexibility index (Phi) is 5.05. The molecule has 0 aliphatic carbocycles. The molecule has 5 aromatic carbocycles. The number of nitrogens with zero attached hydrogens (tertiary/aromatic N) is 2. The van der Waals surface area contributed by atoms with Crippen LogP contribution in [0.1, 0.15) is 35.3 Å². The summed E-state index contributed by atoms with van der Waals surface area (Å²) >= 11 is 0. The maximum absolute atomic E-state index is 12.8. The van der Waals surface area contributed by atoms with Gasteiger partial charge in [-0.25, -0.2) is 0 Å². The molecule has 0 bridgehead atoms. The van der Waals surface area contributed by atoms with Gasteiger partial charge in [0.2, 0.25) is 5.72 Å². The zero-order chi connectivity index (χ0) is 26.8. The number of aliphatic imine (C=N–C) groups is 1. The van der Waals surface area contributed by atoms with Gasteiger partial charge in [-0.15, -0.1) is 0 Å². The third-order valence-corrected chi connectivity index (χ3v) is 8.44. The van der Waals surface area contributed by atoms with Crippen LogP contribution in [0.15, 0.2) is 114 Å². The number of carbonyl (C=O) groups excluding carboxylic acids is 1. The Morgan fingerprint density at radius 2 is 1.46 bits per heavy atom. The lowest BCUT2D eigenvalue weighted by Crippen LogP contribution is -2.61. The van der Waals surface area contributed by atoms with Gasteiger partial charge in [0.1, 0.15) is 11.4 Å². The highest BCUT2D eigenvalue weighted by molar-refractivity contribution is 6.09. The molecule has 0 radical (unpaired) electrons. The lowest BCUT2D eigenvalue weighted by atomic mass is 9.77. The molecule has 4 heteroatoms. The molecule has 190 valence electrons. The zero-order valence-corrected chi connectivity index (χ0v) is 22.2. The minimum Gasteiger partial charge on any atom is -0.459 e. The summed E-state index contributed by atoms with van der Waals surface area (Å²) < 4.78 is 6.83. The fraction of sp³-hybridized carbons (Fsp3) is 0.143. The van der Waals surface area contributed by atoms with Gasteiger partial charge in [-0.3, -0.25) is 9.79 Å². The Hall–Kier alpha value is -4.70. The van der Waals surface area contributed by atoms with Crippen LogP contribution in [0.4, 0.5) is 11.4 Å². The number of anilines is 1. The van der Waals surface area contributed by atoms with Crippen LogP contribution in [0.3, 0.4) is 0 Å². The number of hydrogen-bond donors (Lipinski definition) is 0. The molecule has 2 aliphatic rings. The van der Waals surface area contributed by atoms with E-state index in [0.717, 1.165) is 33.3 Å². The van der Waals surface area contributed by atoms with E-state index in [1.165, 1.54) is 11.3 Å². The Balaban J connectivity index is 1.21. The summed E-state index contributed by atoms with van der Waals surface area (Å²) in [6, 6.07) is 36.2. The van der Waals surface area contributed by atoms with Crippen molar-refractivity contribution < 1.29 is 9.53 Å². The van der Waals surface area contributed by atoms with Crippen molar-refractivity contribution in [2.45, 2.75) is 25.0 Å². The van der Waals surface area contributed by atoms with E-state index in [0.29, 0.717) is 11.1 Å². The molecular weight excluding hydrogens is 480 g/mol. The number of ketones is 1. The number of ether oxygens (including phenoxy) is 1. The Labute approximate surface area is 228 Å². The minimum absolute atomic E-state index is 0.0297. The lowest BCUT2D eigenvalue weighted by Gasteiger charge is -2.45. The Morgan fingerprint density at radius 1 is 0.769 bits per heavy atom. The molecular formula is C35H28N2O2. The van der Waals surface area contributed by atoms with E-state index in [-0.39, 0.29) is 11.2 Å². The normalized spacial score (nSPS) is 18.6. The summed E-state index contributed by atoms with van der Waals surface area (Å²) in [4.78, 5) is 20.0.